The average Bonchev–Trinajstić information content (AvgIpc) is 2.14. The van der Waals surface area contributed by atoms with Crippen LogP contribution in [0.3, 0.4) is 0 Å². The Bertz CT molecular complexity index is 380. The smallest absolute Gasteiger partial charge is 0.322 e. The van der Waals surface area contributed by atoms with Crippen molar-refractivity contribution in [3.05, 3.63) is 26.6 Å². The number of aliphatic carboxylic acids is 1. The largest absolute Gasteiger partial charge is 0.480 e. The van der Waals surface area contributed by atoms with Gasteiger partial charge in [-0.25, -0.2) is 0 Å². The van der Waals surface area contributed by atoms with E-state index in [1.165, 1.54) is 0 Å². The van der Waals surface area contributed by atoms with Gasteiger partial charge in [-0.3, -0.25) is 4.79 Å². The molecule has 0 radical (unpaired) electrons. The predicted octanol–water partition coefficient (Wildman–Crippen LogP) is 3.27. The molecule has 1 aromatic rings. The van der Waals surface area contributed by atoms with Crippen LogP contribution in [0.25, 0.3) is 0 Å². The Morgan fingerprint density at radius 2 is 2.13 bits per heavy atom. The van der Waals surface area contributed by atoms with E-state index in [1.807, 2.05) is 19.1 Å². The number of carboxylic acids is 1. The van der Waals surface area contributed by atoms with Crippen LogP contribution >= 0.6 is 31.9 Å². The molecular weight excluding hydrogens is 326 g/mol. The average molecular weight is 337 g/mol. The van der Waals surface area contributed by atoms with Gasteiger partial charge in [0, 0.05) is 8.95 Å². The molecule has 0 atom stereocenters. The second-order valence-electron chi connectivity index (χ2n) is 3.02. The Kier molecular flexibility index (Phi) is 4.60. The van der Waals surface area contributed by atoms with Gasteiger partial charge in [-0.05, 0) is 40.0 Å². The van der Waals surface area contributed by atoms with Gasteiger partial charge in [0.25, 0.3) is 0 Å². The highest BCUT2D eigenvalue weighted by Gasteiger charge is 2.08. The third kappa shape index (κ3) is 3.50. The first kappa shape index (κ1) is 12.5. The third-order valence-corrected chi connectivity index (χ3v) is 3.02. The van der Waals surface area contributed by atoms with Crippen LogP contribution < -0.4 is 5.32 Å². The van der Waals surface area contributed by atoms with E-state index in [1.54, 1.807) is 0 Å². The predicted molar refractivity (Wildman–Crippen MR) is 67.3 cm³/mol. The van der Waals surface area contributed by atoms with E-state index in [9.17, 15) is 4.79 Å². The van der Waals surface area contributed by atoms with Crippen LogP contribution in [0.1, 0.15) is 12.5 Å². The van der Waals surface area contributed by atoms with Gasteiger partial charge < -0.3 is 10.4 Å². The van der Waals surface area contributed by atoms with Gasteiger partial charge >= 0.3 is 5.97 Å². The molecule has 5 heteroatoms. The quantitative estimate of drug-likeness (QED) is 0.887. The lowest BCUT2D eigenvalue weighted by molar-refractivity contribution is -0.134. The van der Waals surface area contributed by atoms with E-state index in [0.29, 0.717) is 0 Å². The van der Waals surface area contributed by atoms with Gasteiger partial charge in [0.05, 0.1) is 5.69 Å². The van der Waals surface area contributed by atoms with Crippen molar-refractivity contribution in [1.29, 1.82) is 0 Å². The molecule has 82 valence electrons. The third-order valence-electron chi connectivity index (χ3n) is 1.93. The summed E-state index contributed by atoms with van der Waals surface area (Å²) in [4.78, 5) is 10.5. The molecule has 15 heavy (non-hydrogen) atoms. The summed E-state index contributed by atoms with van der Waals surface area (Å²) >= 11 is 6.80. The van der Waals surface area contributed by atoms with Crippen molar-refractivity contribution < 1.29 is 9.90 Å². The molecule has 3 nitrogen and oxygen atoms in total. The molecule has 0 heterocycles. The summed E-state index contributed by atoms with van der Waals surface area (Å²) < 4.78 is 1.85. The van der Waals surface area contributed by atoms with Crippen molar-refractivity contribution in [2.75, 3.05) is 11.9 Å². The van der Waals surface area contributed by atoms with Crippen molar-refractivity contribution in [3.63, 3.8) is 0 Å². The van der Waals surface area contributed by atoms with Crippen LogP contribution in [0, 0.1) is 0 Å². The van der Waals surface area contributed by atoms with E-state index in [4.69, 9.17) is 5.11 Å². The molecule has 0 aliphatic rings. The number of anilines is 1. The standard InChI is InChI=1S/C10H11Br2NO2/c1-2-6-3-7(11)4-8(12)10(6)13-5-9(14)15/h3-4,13H,2,5H2,1H3,(H,14,15). The van der Waals surface area contributed by atoms with Crippen molar-refractivity contribution in [2.45, 2.75) is 13.3 Å². The van der Waals surface area contributed by atoms with Gasteiger partial charge in [0.1, 0.15) is 6.54 Å². The lowest BCUT2D eigenvalue weighted by Crippen LogP contribution is -2.13. The minimum absolute atomic E-state index is 0.0762. The van der Waals surface area contributed by atoms with Gasteiger partial charge in [0.2, 0.25) is 0 Å². The topological polar surface area (TPSA) is 49.3 Å². The van der Waals surface area contributed by atoms with E-state index in [-0.39, 0.29) is 6.54 Å². The first-order chi connectivity index (χ1) is 7.04. The van der Waals surface area contributed by atoms with Crippen LogP contribution in [0.4, 0.5) is 5.69 Å². The molecule has 0 aromatic heterocycles. The van der Waals surface area contributed by atoms with E-state index >= 15 is 0 Å². The molecule has 0 saturated heterocycles. The Balaban J connectivity index is 2.98. The second kappa shape index (κ2) is 5.51. The first-order valence-corrected chi connectivity index (χ1v) is 6.06. The number of hydrogen-bond donors (Lipinski definition) is 2. The van der Waals surface area contributed by atoms with Crippen LogP contribution in [0.15, 0.2) is 21.1 Å². The number of halogens is 2. The first-order valence-electron chi connectivity index (χ1n) is 4.48. The molecule has 0 amide bonds. The van der Waals surface area contributed by atoms with E-state index in [0.717, 1.165) is 26.6 Å². The molecule has 0 fully saturated rings. The Hall–Kier alpha value is -0.550. The molecule has 0 unspecified atom stereocenters. The lowest BCUT2D eigenvalue weighted by Gasteiger charge is -2.12. The SMILES string of the molecule is CCc1cc(Br)cc(Br)c1NCC(=O)O. The minimum atomic E-state index is -0.869. The maximum Gasteiger partial charge on any atom is 0.322 e. The number of aryl methyl sites for hydroxylation is 1. The molecule has 0 aliphatic carbocycles. The molecule has 1 rings (SSSR count). The van der Waals surface area contributed by atoms with Gasteiger partial charge in [-0.2, -0.15) is 0 Å². The summed E-state index contributed by atoms with van der Waals surface area (Å²) in [5.41, 5.74) is 1.93. The van der Waals surface area contributed by atoms with Crippen LogP contribution in [0.5, 0.6) is 0 Å². The second-order valence-corrected chi connectivity index (χ2v) is 4.79. The Morgan fingerprint density at radius 1 is 1.47 bits per heavy atom. The number of hydrogen-bond acceptors (Lipinski definition) is 2. The number of benzene rings is 1. The number of rotatable bonds is 4. The Labute approximate surface area is 105 Å². The molecule has 0 aliphatic heterocycles. The lowest BCUT2D eigenvalue weighted by atomic mass is 10.1. The highest BCUT2D eigenvalue weighted by Crippen LogP contribution is 2.30. The zero-order valence-corrected chi connectivity index (χ0v) is 11.4. The van der Waals surface area contributed by atoms with Crippen molar-refractivity contribution in [1.82, 2.24) is 0 Å². The molecule has 2 N–H and O–H groups in total. The zero-order valence-electron chi connectivity index (χ0n) is 8.18. The number of carboxylic acid groups (broad SMARTS) is 1. The molecule has 0 saturated carbocycles. The van der Waals surface area contributed by atoms with Crippen molar-refractivity contribution in [2.24, 2.45) is 0 Å². The maximum absolute atomic E-state index is 10.5. The molecule has 0 bridgehead atoms. The molecule has 1 aromatic carbocycles. The van der Waals surface area contributed by atoms with Crippen LogP contribution in [-0.4, -0.2) is 17.6 Å². The normalized spacial score (nSPS) is 10.1. The summed E-state index contributed by atoms with van der Waals surface area (Å²) in [6, 6.07) is 3.87. The maximum atomic E-state index is 10.5. The fourth-order valence-corrected chi connectivity index (χ4v) is 2.72. The van der Waals surface area contributed by atoms with E-state index < -0.39 is 5.97 Å². The number of nitrogens with one attached hydrogen (secondary N) is 1. The van der Waals surface area contributed by atoms with Gasteiger partial charge in [-0.1, -0.05) is 22.9 Å². The van der Waals surface area contributed by atoms with Crippen molar-refractivity contribution in [3.8, 4) is 0 Å². The highest BCUT2D eigenvalue weighted by atomic mass is 79.9. The van der Waals surface area contributed by atoms with Gasteiger partial charge in [0.15, 0.2) is 0 Å². The monoisotopic (exact) mass is 335 g/mol. The fraction of sp³-hybridized carbons (Fsp3) is 0.300. The summed E-state index contributed by atoms with van der Waals surface area (Å²) in [5.74, 6) is -0.869. The van der Waals surface area contributed by atoms with E-state index in [2.05, 4.69) is 37.2 Å². The summed E-state index contributed by atoms with van der Waals surface area (Å²) in [6.45, 7) is 1.95. The Morgan fingerprint density at radius 3 is 2.67 bits per heavy atom. The summed E-state index contributed by atoms with van der Waals surface area (Å²) in [5, 5.41) is 11.5. The summed E-state index contributed by atoms with van der Waals surface area (Å²) in [7, 11) is 0. The fourth-order valence-electron chi connectivity index (χ4n) is 1.27. The van der Waals surface area contributed by atoms with Crippen molar-refractivity contribution >= 4 is 43.5 Å². The molecule has 0 spiro atoms. The van der Waals surface area contributed by atoms with Crippen LogP contribution in [0.2, 0.25) is 0 Å². The summed E-state index contributed by atoms with van der Waals surface area (Å²) in [6.07, 6.45) is 0.847. The van der Waals surface area contributed by atoms with Gasteiger partial charge in [-0.15, -0.1) is 0 Å². The zero-order chi connectivity index (χ0) is 11.4. The van der Waals surface area contributed by atoms with Crippen LogP contribution in [-0.2, 0) is 11.2 Å². The molecular formula is C10H11Br2NO2. The highest BCUT2D eigenvalue weighted by molar-refractivity contribution is 9.11. The minimum Gasteiger partial charge on any atom is -0.480 e. The number of carbonyl (C=O) groups is 1.